The minimum absolute atomic E-state index is 0.358. The summed E-state index contributed by atoms with van der Waals surface area (Å²) in [7, 11) is 0. The van der Waals surface area contributed by atoms with Crippen LogP contribution < -0.4 is 0 Å². The number of rotatable bonds is 2. The fourth-order valence-corrected chi connectivity index (χ4v) is 1.86. The molecule has 0 radical (unpaired) electrons. The van der Waals surface area contributed by atoms with E-state index in [1.54, 1.807) is 12.4 Å². The maximum atomic E-state index is 5.98. The number of hydrogen-bond donors (Lipinski definition) is 0. The van der Waals surface area contributed by atoms with E-state index in [2.05, 4.69) is 9.97 Å². The first kappa shape index (κ1) is 11.4. The average Bonchev–Trinajstić information content (AvgIpc) is 2.33. The van der Waals surface area contributed by atoms with Crippen molar-refractivity contribution in [1.29, 1.82) is 0 Å². The van der Waals surface area contributed by atoms with Crippen LogP contribution in [0.3, 0.4) is 0 Å². The van der Waals surface area contributed by atoms with Crippen LogP contribution in [0.25, 0.3) is 11.1 Å². The number of halogens is 2. The molecule has 0 bridgehead atoms. The molecular weight excluding hydrogens is 243 g/mol. The van der Waals surface area contributed by atoms with Crippen molar-refractivity contribution in [2.75, 3.05) is 0 Å². The SMILES string of the molecule is CCc1nc(Cl)c(Cl)cc1-c1ccncc1. The van der Waals surface area contributed by atoms with Gasteiger partial charge in [-0.25, -0.2) is 4.98 Å². The van der Waals surface area contributed by atoms with Gasteiger partial charge in [0.05, 0.1) is 5.02 Å². The summed E-state index contributed by atoms with van der Waals surface area (Å²) in [5, 5.41) is 0.835. The lowest BCUT2D eigenvalue weighted by Crippen LogP contribution is -1.93. The van der Waals surface area contributed by atoms with Gasteiger partial charge in [-0.15, -0.1) is 0 Å². The highest BCUT2D eigenvalue weighted by Gasteiger charge is 2.09. The first-order chi connectivity index (χ1) is 7.72. The predicted octanol–water partition coefficient (Wildman–Crippen LogP) is 4.01. The van der Waals surface area contributed by atoms with Crippen molar-refractivity contribution in [3.8, 4) is 11.1 Å². The van der Waals surface area contributed by atoms with Gasteiger partial charge in [0.25, 0.3) is 0 Å². The summed E-state index contributed by atoms with van der Waals surface area (Å²) in [4.78, 5) is 8.27. The lowest BCUT2D eigenvalue weighted by molar-refractivity contribution is 1.04. The number of hydrogen-bond acceptors (Lipinski definition) is 2. The molecule has 4 heteroatoms. The molecule has 0 aliphatic heterocycles. The second-order valence-electron chi connectivity index (χ2n) is 3.34. The Morgan fingerprint density at radius 1 is 1.19 bits per heavy atom. The van der Waals surface area contributed by atoms with Gasteiger partial charge >= 0.3 is 0 Å². The standard InChI is InChI=1S/C12H10Cl2N2/c1-2-11-9(7-10(13)12(14)16-11)8-3-5-15-6-4-8/h3-7H,2H2,1H3. The van der Waals surface area contributed by atoms with E-state index in [0.29, 0.717) is 10.2 Å². The van der Waals surface area contributed by atoms with E-state index in [4.69, 9.17) is 23.2 Å². The summed E-state index contributed by atoms with van der Waals surface area (Å²) in [6.07, 6.45) is 4.31. The van der Waals surface area contributed by atoms with Crippen molar-refractivity contribution in [1.82, 2.24) is 9.97 Å². The smallest absolute Gasteiger partial charge is 0.147 e. The van der Waals surface area contributed by atoms with Gasteiger partial charge in [0.1, 0.15) is 5.15 Å². The van der Waals surface area contributed by atoms with Crippen LogP contribution in [0.15, 0.2) is 30.6 Å². The van der Waals surface area contributed by atoms with E-state index in [1.165, 1.54) is 0 Å². The predicted molar refractivity (Wildman–Crippen MR) is 66.9 cm³/mol. The molecule has 0 spiro atoms. The van der Waals surface area contributed by atoms with Crippen molar-refractivity contribution in [3.63, 3.8) is 0 Å². The van der Waals surface area contributed by atoms with Crippen molar-refractivity contribution < 1.29 is 0 Å². The molecule has 2 rings (SSSR count). The van der Waals surface area contributed by atoms with Gasteiger partial charge in [0.2, 0.25) is 0 Å². The molecule has 0 saturated carbocycles. The van der Waals surface area contributed by atoms with Crippen molar-refractivity contribution in [3.05, 3.63) is 46.5 Å². The number of aromatic nitrogens is 2. The summed E-state index contributed by atoms with van der Waals surface area (Å²) in [5.74, 6) is 0. The lowest BCUT2D eigenvalue weighted by Gasteiger charge is -2.08. The van der Waals surface area contributed by atoms with Gasteiger partial charge in [-0.3, -0.25) is 4.98 Å². The summed E-state index contributed by atoms with van der Waals surface area (Å²) in [5.41, 5.74) is 3.01. The Morgan fingerprint density at radius 3 is 2.50 bits per heavy atom. The molecule has 0 unspecified atom stereocenters. The first-order valence-corrected chi connectivity index (χ1v) is 5.73. The highest BCUT2D eigenvalue weighted by Crippen LogP contribution is 2.29. The van der Waals surface area contributed by atoms with Crippen LogP contribution in [0, 0.1) is 0 Å². The normalized spacial score (nSPS) is 10.4. The fraction of sp³-hybridized carbons (Fsp3) is 0.167. The topological polar surface area (TPSA) is 25.8 Å². The zero-order valence-electron chi connectivity index (χ0n) is 8.74. The highest BCUT2D eigenvalue weighted by atomic mass is 35.5. The molecule has 16 heavy (non-hydrogen) atoms. The van der Waals surface area contributed by atoms with Gasteiger partial charge < -0.3 is 0 Å². The van der Waals surface area contributed by atoms with Crippen LogP contribution in [0.4, 0.5) is 0 Å². The second kappa shape index (κ2) is 4.81. The zero-order chi connectivity index (χ0) is 11.5. The third-order valence-corrected chi connectivity index (χ3v) is 3.01. The van der Waals surface area contributed by atoms with Crippen LogP contribution in [-0.2, 0) is 6.42 Å². The molecule has 0 N–H and O–H groups in total. The molecule has 2 heterocycles. The van der Waals surface area contributed by atoms with E-state index in [1.807, 2.05) is 25.1 Å². The molecule has 2 nitrogen and oxygen atoms in total. The minimum atomic E-state index is 0.358. The van der Waals surface area contributed by atoms with E-state index in [-0.39, 0.29) is 0 Å². The zero-order valence-corrected chi connectivity index (χ0v) is 10.3. The van der Waals surface area contributed by atoms with Crippen molar-refractivity contribution in [2.45, 2.75) is 13.3 Å². The minimum Gasteiger partial charge on any atom is -0.265 e. The molecule has 0 aromatic carbocycles. The lowest BCUT2D eigenvalue weighted by atomic mass is 10.0. The van der Waals surface area contributed by atoms with Crippen molar-refractivity contribution in [2.24, 2.45) is 0 Å². The first-order valence-electron chi connectivity index (χ1n) is 4.97. The van der Waals surface area contributed by atoms with Gasteiger partial charge in [0.15, 0.2) is 0 Å². The van der Waals surface area contributed by atoms with Crippen LogP contribution in [-0.4, -0.2) is 9.97 Å². The molecule has 0 atom stereocenters. The molecule has 2 aromatic heterocycles. The van der Waals surface area contributed by atoms with E-state index >= 15 is 0 Å². The monoisotopic (exact) mass is 252 g/mol. The summed E-state index contributed by atoms with van der Waals surface area (Å²) in [6.45, 7) is 2.04. The molecule has 82 valence electrons. The Labute approximate surface area is 104 Å². The van der Waals surface area contributed by atoms with Crippen molar-refractivity contribution >= 4 is 23.2 Å². The summed E-state index contributed by atoms with van der Waals surface area (Å²) in [6, 6.07) is 5.71. The van der Waals surface area contributed by atoms with E-state index < -0.39 is 0 Å². The van der Waals surface area contributed by atoms with Crippen LogP contribution in [0.5, 0.6) is 0 Å². The number of aryl methyl sites for hydroxylation is 1. The van der Waals surface area contributed by atoms with Gasteiger partial charge in [0, 0.05) is 23.7 Å². The number of nitrogens with zero attached hydrogens (tertiary/aromatic N) is 2. The maximum Gasteiger partial charge on any atom is 0.147 e. The van der Waals surface area contributed by atoms with Crippen LogP contribution in [0.2, 0.25) is 10.2 Å². The summed E-state index contributed by atoms with van der Waals surface area (Å²) < 4.78 is 0. The van der Waals surface area contributed by atoms with E-state index in [9.17, 15) is 0 Å². The summed E-state index contributed by atoms with van der Waals surface area (Å²) >= 11 is 11.9. The highest BCUT2D eigenvalue weighted by molar-refractivity contribution is 6.41. The van der Waals surface area contributed by atoms with Crippen LogP contribution in [0.1, 0.15) is 12.6 Å². The Kier molecular flexibility index (Phi) is 3.42. The molecule has 0 aliphatic carbocycles. The largest absolute Gasteiger partial charge is 0.265 e. The quantitative estimate of drug-likeness (QED) is 0.755. The average molecular weight is 253 g/mol. The molecular formula is C12H10Cl2N2. The molecule has 2 aromatic rings. The van der Waals surface area contributed by atoms with Gasteiger partial charge in [-0.05, 0) is 30.2 Å². The molecule has 0 aliphatic rings. The number of pyridine rings is 2. The third kappa shape index (κ3) is 2.18. The Hall–Kier alpha value is -1.12. The molecule has 0 saturated heterocycles. The second-order valence-corrected chi connectivity index (χ2v) is 4.11. The van der Waals surface area contributed by atoms with Gasteiger partial charge in [-0.1, -0.05) is 30.1 Å². The molecule has 0 amide bonds. The van der Waals surface area contributed by atoms with Gasteiger partial charge in [-0.2, -0.15) is 0 Å². The van der Waals surface area contributed by atoms with Crippen LogP contribution >= 0.6 is 23.2 Å². The third-order valence-electron chi connectivity index (χ3n) is 2.34. The Morgan fingerprint density at radius 2 is 1.88 bits per heavy atom. The molecule has 0 fully saturated rings. The fourth-order valence-electron chi connectivity index (χ4n) is 1.55. The maximum absolute atomic E-state index is 5.98. The Balaban J connectivity index is 2.60. The Bertz CT molecular complexity index is 498. The van der Waals surface area contributed by atoms with E-state index in [0.717, 1.165) is 23.2 Å².